The lowest BCUT2D eigenvalue weighted by molar-refractivity contribution is 0.201. The molecule has 0 amide bonds. The van der Waals surface area contributed by atoms with Crippen LogP contribution in [0.4, 0.5) is 0 Å². The number of rotatable bonds is 5. The lowest BCUT2D eigenvalue weighted by Gasteiger charge is -2.16. The molecule has 0 unspecified atom stereocenters. The zero-order chi connectivity index (χ0) is 18.5. The molecule has 0 saturated heterocycles. The van der Waals surface area contributed by atoms with E-state index in [9.17, 15) is 5.26 Å². The summed E-state index contributed by atoms with van der Waals surface area (Å²) in [6.07, 6.45) is 6.47. The maximum Gasteiger partial charge on any atom is 0.162 e. The van der Waals surface area contributed by atoms with E-state index in [0.717, 1.165) is 18.4 Å². The highest BCUT2D eigenvalue weighted by atomic mass is 35.5. The van der Waals surface area contributed by atoms with Gasteiger partial charge in [0.15, 0.2) is 11.5 Å². The number of ether oxygens (including phenoxy) is 2. The average molecular weight is 388 g/mol. The Kier molecular flexibility index (Phi) is 6.08. The number of hydrogen-bond acceptors (Lipinski definition) is 3. The van der Waals surface area contributed by atoms with Crippen molar-refractivity contribution in [3.8, 4) is 17.6 Å². The number of hydrogen-bond donors (Lipinski definition) is 0. The smallest absolute Gasteiger partial charge is 0.162 e. The van der Waals surface area contributed by atoms with Gasteiger partial charge in [0.25, 0.3) is 0 Å². The molecule has 1 aliphatic rings. The van der Waals surface area contributed by atoms with Crippen LogP contribution in [0.1, 0.15) is 36.8 Å². The van der Waals surface area contributed by atoms with E-state index in [-0.39, 0.29) is 6.10 Å². The zero-order valence-corrected chi connectivity index (χ0v) is 16.0. The van der Waals surface area contributed by atoms with E-state index in [1.165, 1.54) is 12.8 Å². The van der Waals surface area contributed by atoms with E-state index in [4.69, 9.17) is 32.7 Å². The normalized spacial score (nSPS) is 14.9. The van der Waals surface area contributed by atoms with Crippen LogP contribution < -0.4 is 9.47 Å². The first kappa shape index (κ1) is 18.6. The summed E-state index contributed by atoms with van der Waals surface area (Å²) < 4.78 is 11.5. The highest BCUT2D eigenvalue weighted by Gasteiger charge is 2.19. The number of nitrogens with zero attached hydrogens (tertiary/aromatic N) is 1. The molecule has 0 aromatic heterocycles. The monoisotopic (exact) mass is 387 g/mol. The predicted octanol–water partition coefficient (Wildman–Crippen LogP) is 6.39. The Bertz CT molecular complexity index is 845. The van der Waals surface area contributed by atoms with Gasteiger partial charge in [-0.25, -0.2) is 0 Å². The van der Waals surface area contributed by atoms with Gasteiger partial charge in [0, 0.05) is 5.56 Å². The second-order valence-electron chi connectivity index (χ2n) is 6.20. The van der Waals surface area contributed by atoms with Gasteiger partial charge >= 0.3 is 0 Å². The van der Waals surface area contributed by atoms with Gasteiger partial charge in [0.05, 0.1) is 34.9 Å². The molecule has 2 aromatic rings. The number of benzene rings is 2. The van der Waals surface area contributed by atoms with Gasteiger partial charge < -0.3 is 9.47 Å². The molecule has 0 N–H and O–H groups in total. The van der Waals surface area contributed by atoms with Gasteiger partial charge in [-0.2, -0.15) is 5.26 Å². The molecule has 0 heterocycles. The Labute approximate surface area is 163 Å². The van der Waals surface area contributed by atoms with Crippen LogP contribution in [0.5, 0.6) is 11.5 Å². The van der Waals surface area contributed by atoms with Crippen LogP contribution in [0.25, 0.3) is 11.6 Å². The Morgan fingerprint density at radius 3 is 2.42 bits per heavy atom. The third-order valence-corrected chi connectivity index (χ3v) is 5.08. The first-order valence-electron chi connectivity index (χ1n) is 8.53. The summed E-state index contributed by atoms with van der Waals surface area (Å²) in [7, 11) is 1.62. The van der Waals surface area contributed by atoms with E-state index >= 15 is 0 Å². The summed E-state index contributed by atoms with van der Waals surface area (Å²) in [5.41, 5.74) is 1.76. The Morgan fingerprint density at radius 1 is 1.12 bits per heavy atom. The fourth-order valence-corrected chi connectivity index (χ4v) is 3.74. The van der Waals surface area contributed by atoms with E-state index in [2.05, 4.69) is 6.07 Å². The quantitative estimate of drug-likeness (QED) is 0.440. The van der Waals surface area contributed by atoms with Crippen molar-refractivity contribution in [2.45, 2.75) is 31.8 Å². The Morgan fingerprint density at radius 2 is 1.81 bits per heavy atom. The fourth-order valence-electron chi connectivity index (χ4n) is 3.14. The van der Waals surface area contributed by atoms with Crippen molar-refractivity contribution in [1.29, 1.82) is 5.26 Å². The van der Waals surface area contributed by atoms with Gasteiger partial charge in [-0.1, -0.05) is 35.3 Å². The molecule has 1 saturated carbocycles. The second-order valence-corrected chi connectivity index (χ2v) is 7.02. The number of nitriles is 1. The second kappa shape index (κ2) is 8.49. The van der Waals surface area contributed by atoms with E-state index in [0.29, 0.717) is 32.7 Å². The molecule has 5 heteroatoms. The molecule has 0 aliphatic heterocycles. The summed E-state index contributed by atoms with van der Waals surface area (Å²) in [5.74, 6) is 1.37. The first-order valence-corrected chi connectivity index (χ1v) is 9.29. The number of halogens is 2. The molecule has 26 heavy (non-hydrogen) atoms. The van der Waals surface area contributed by atoms with Crippen LogP contribution in [0, 0.1) is 11.3 Å². The lowest BCUT2D eigenvalue weighted by atomic mass is 10.0. The van der Waals surface area contributed by atoms with Crippen molar-refractivity contribution in [3.63, 3.8) is 0 Å². The molecule has 2 aromatic carbocycles. The van der Waals surface area contributed by atoms with Crippen molar-refractivity contribution in [2.24, 2.45) is 0 Å². The van der Waals surface area contributed by atoms with Crippen molar-refractivity contribution in [1.82, 2.24) is 0 Å². The van der Waals surface area contributed by atoms with Crippen molar-refractivity contribution in [2.75, 3.05) is 7.11 Å². The third-order valence-electron chi connectivity index (χ3n) is 4.45. The van der Waals surface area contributed by atoms with Gasteiger partial charge in [0.1, 0.15) is 0 Å². The number of methoxy groups -OCH3 is 1. The Balaban J connectivity index is 1.97. The van der Waals surface area contributed by atoms with Crippen molar-refractivity contribution >= 4 is 34.9 Å². The minimum absolute atomic E-state index is 0.219. The van der Waals surface area contributed by atoms with Crippen molar-refractivity contribution in [3.05, 3.63) is 57.6 Å². The molecular weight excluding hydrogens is 369 g/mol. The van der Waals surface area contributed by atoms with Crippen LogP contribution in [0.15, 0.2) is 36.4 Å². The zero-order valence-electron chi connectivity index (χ0n) is 14.5. The molecule has 0 radical (unpaired) electrons. The van der Waals surface area contributed by atoms with E-state index in [1.54, 1.807) is 31.4 Å². The number of allylic oxidation sites excluding steroid dienone is 1. The minimum atomic E-state index is 0.219. The summed E-state index contributed by atoms with van der Waals surface area (Å²) in [6, 6.07) is 13.0. The van der Waals surface area contributed by atoms with Crippen molar-refractivity contribution < 1.29 is 9.47 Å². The highest BCUT2D eigenvalue weighted by Crippen LogP contribution is 2.35. The summed E-state index contributed by atoms with van der Waals surface area (Å²) in [4.78, 5) is 0. The first-order chi connectivity index (χ1) is 12.6. The van der Waals surface area contributed by atoms with Gasteiger partial charge in [0.2, 0.25) is 0 Å². The van der Waals surface area contributed by atoms with Gasteiger partial charge in [-0.05, 0) is 61.6 Å². The van der Waals surface area contributed by atoms with Crippen LogP contribution in [0.2, 0.25) is 10.0 Å². The van der Waals surface area contributed by atoms with Crippen LogP contribution >= 0.6 is 23.2 Å². The molecule has 0 atom stereocenters. The molecule has 0 spiro atoms. The lowest BCUT2D eigenvalue weighted by Crippen LogP contribution is -2.11. The summed E-state index contributed by atoms with van der Waals surface area (Å²) in [6.45, 7) is 0. The molecule has 0 bridgehead atoms. The van der Waals surface area contributed by atoms with Crippen LogP contribution in [-0.4, -0.2) is 13.2 Å². The molecule has 3 rings (SSSR count). The molecule has 1 aliphatic carbocycles. The fraction of sp³-hybridized carbons (Fsp3) is 0.286. The Hall–Kier alpha value is -2.15. The highest BCUT2D eigenvalue weighted by molar-refractivity contribution is 6.38. The van der Waals surface area contributed by atoms with Gasteiger partial charge in [-0.3, -0.25) is 0 Å². The topological polar surface area (TPSA) is 42.2 Å². The molecular formula is C21H19Cl2NO2. The molecule has 134 valence electrons. The largest absolute Gasteiger partial charge is 0.493 e. The average Bonchev–Trinajstić information content (AvgIpc) is 3.14. The van der Waals surface area contributed by atoms with Crippen LogP contribution in [-0.2, 0) is 0 Å². The SMILES string of the molecule is COc1ccc(C=C(C#N)c2c(Cl)cccc2Cl)cc1OC1CCCC1. The third kappa shape index (κ3) is 4.15. The maximum atomic E-state index is 9.60. The van der Waals surface area contributed by atoms with Crippen LogP contribution in [0.3, 0.4) is 0 Å². The minimum Gasteiger partial charge on any atom is -0.493 e. The standard InChI is InChI=1S/C21H19Cl2NO2/c1-25-19-10-9-14(12-20(19)26-16-5-2-3-6-16)11-15(13-24)21-17(22)7-4-8-18(21)23/h4,7-12,16H,2-3,5-6H2,1H3. The van der Waals surface area contributed by atoms with E-state index in [1.807, 2.05) is 18.2 Å². The summed E-state index contributed by atoms with van der Waals surface area (Å²) >= 11 is 12.5. The van der Waals surface area contributed by atoms with E-state index < -0.39 is 0 Å². The maximum absolute atomic E-state index is 9.60. The predicted molar refractivity (Wildman–Crippen MR) is 106 cm³/mol. The molecule has 1 fully saturated rings. The summed E-state index contributed by atoms with van der Waals surface area (Å²) in [5, 5.41) is 10.5. The molecule has 3 nitrogen and oxygen atoms in total. The van der Waals surface area contributed by atoms with Gasteiger partial charge in [-0.15, -0.1) is 0 Å².